The standard InChI is InChI=1S/C15H22N2O3/c1-15(2,3)20-14(19)12(17-10-13(16)18)9-11-7-5-4-6-8-11/h4-8,12,17H,9-10H2,1-3H3,(H2,16,18)/t12-/m0/s1. The highest BCUT2D eigenvalue weighted by molar-refractivity contribution is 5.79. The zero-order chi connectivity index (χ0) is 15.2. The number of carbonyl (C=O) groups excluding carboxylic acids is 2. The molecule has 0 spiro atoms. The fourth-order valence-electron chi connectivity index (χ4n) is 1.69. The first-order chi connectivity index (χ1) is 9.28. The molecule has 0 aliphatic carbocycles. The van der Waals surface area contributed by atoms with Gasteiger partial charge in [0.2, 0.25) is 5.91 Å². The number of benzene rings is 1. The van der Waals surface area contributed by atoms with Crippen molar-refractivity contribution in [2.75, 3.05) is 6.54 Å². The number of ether oxygens (including phenoxy) is 1. The molecule has 3 N–H and O–H groups in total. The summed E-state index contributed by atoms with van der Waals surface area (Å²) in [5, 5.41) is 2.84. The van der Waals surface area contributed by atoms with Crippen LogP contribution in [0.1, 0.15) is 26.3 Å². The first-order valence-electron chi connectivity index (χ1n) is 6.56. The van der Waals surface area contributed by atoms with Crippen molar-refractivity contribution in [1.29, 1.82) is 0 Å². The number of nitrogens with two attached hydrogens (primary N) is 1. The maximum absolute atomic E-state index is 12.1. The molecule has 1 rings (SSSR count). The van der Waals surface area contributed by atoms with E-state index in [0.717, 1.165) is 5.56 Å². The van der Waals surface area contributed by atoms with Crippen LogP contribution in [0.25, 0.3) is 0 Å². The molecule has 1 aromatic rings. The van der Waals surface area contributed by atoms with Gasteiger partial charge >= 0.3 is 5.97 Å². The van der Waals surface area contributed by atoms with Crippen molar-refractivity contribution >= 4 is 11.9 Å². The van der Waals surface area contributed by atoms with E-state index in [1.165, 1.54) is 0 Å². The molecule has 5 heteroatoms. The van der Waals surface area contributed by atoms with Crippen LogP contribution in [-0.2, 0) is 20.7 Å². The van der Waals surface area contributed by atoms with Gasteiger partial charge in [-0.3, -0.25) is 14.9 Å². The summed E-state index contributed by atoms with van der Waals surface area (Å²) in [5.41, 5.74) is 5.53. The summed E-state index contributed by atoms with van der Waals surface area (Å²) in [7, 11) is 0. The minimum atomic E-state index is -0.593. The predicted octanol–water partition coefficient (Wildman–Crippen LogP) is 1.01. The lowest BCUT2D eigenvalue weighted by Gasteiger charge is -2.24. The van der Waals surface area contributed by atoms with E-state index in [2.05, 4.69) is 5.32 Å². The van der Waals surface area contributed by atoms with Crippen LogP contribution >= 0.6 is 0 Å². The molecule has 1 atom stereocenters. The van der Waals surface area contributed by atoms with Crippen LogP contribution in [0, 0.1) is 0 Å². The smallest absolute Gasteiger partial charge is 0.324 e. The van der Waals surface area contributed by atoms with Crippen LogP contribution in [0.5, 0.6) is 0 Å². The summed E-state index contributed by atoms with van der Waals surface area (Å²) < 4.78 is 5.35. The third-order valence-corrected chi connectivity index (χ3v) is 2.50. The SMILES string of the molecule is CC(C)(C)OC(=O)[C@H](Cc1ccccc1)NCC(N)=O. The van der Waals surface area contributed by atoms with Crippen LogP contribution < -0.4 is 11.1 Å². The van der Waals surface area contributed by atoms with Gasteiger partial charge in [-0.15, -0.1) is 0 Å². The van der Waals surface area contributed by atoms with E-state index >= 15 is 0 Å². The highest BCUT2D eigenvalue weighted by atomic mass is 16.6. The maximum Gasteiger partial charge on any atom is 0.324 e. The second-order valence-corrected chi connectivity index (χ2v) is 5.62. The first-order valence-corrected chi connectivity index (χ1v) is 6.56. The van der Waals surface area contributed by atoms with Gasteiger partial charge in [0, 0.05) is 0 Å². The summed E-state index contributed by atoms with van der Waals surface area (Å²) in [5.74, 6) is -0.894. The number of amides is 1. The van der Waals surface area contributed by atoms with Gasteiger partial charge in [0.25, 0.3) is 0 Å². The lowest BCUT2D eigenvalue weighted by Crippen LogP contribution is -2.45. The molecular formula is C15H22N2O3. The van der Waals surface area contributed by atoms with E-state index in [1.807, 2.05) is 30.3 Å². The number of nitrogens with one attached hydrogen (secondary N) is 1. The predicted molar refractivity (Wildman–Crippen MR) is 77.0 cm³/mol. The van der Waals surface area contributed by atoms with Crippen molar-refractivity contribution in [3.05, 3.63) is 35.9 Å². The Kier molecular flexibility index (Phi) is 5.70. The number of rotatable bonds is 6. The van der Waals surface area contributed by atoms with Gasteiger partial charge in [-0.1, -0.05) is 30.3 Å². The van der Waals surface area contributed by atoms with E-state index in [1.54, 1.807) is 20.8 Å². The van der Waals surface area contributed by atoms with E-state index in [9.17, 15) is 9.59 Å². The summed E-state index contributed by atoms with van der Waals surface area (Å²) in [6.07, 6.45) is 0.447. The van der Waals surface area contributed by atoms with Crippen molar-refractivity contribution in [3.8, 4) is 0 Å². The molecule has 0 aromatic heterocycles. The zero-order valence-electron chi connectivity index (χ0n) is 12.2. The minimum Gasteiger partial charge on any atom is -0.459 e. The highest BCUT2D eigenvalue weighted by Gasteiger charge is 2.25. The first kappa shape index (κ1) is 16.2. The molecule has 0 unspecified atom stereocenters. The van der Waals surface area contributed by atoms with Crippen LogP contribution in [-0.4, -0.2) is 30.1 Å². The summed E-state index contributed by atoms with van der Waals surface area (Å²) in [6.45, 7) is 5.35. The molecule has 0 saturated carbocycles. The molecule has 0 heterocycles. The van der Waals surface area contributed by atoms with Crippen molar-refractivity contribution in [3.63, 3.8) is 0 Å². The van der Waals surface area contributed by atoms with Gasteiger partial charge in [0.15, 0.2) is 0 Å². The molecule has 20 heavy (non-hydrogen) atoms. The number of carbonyl (C=O) groups is 2. The Hall–Kier alpha value is -1.88. The molecule has 1 amide bonds. The molecule has 110 valence electrons. The van der Waals surface area contributed by atoms with Gasteiger partial charge in [-0.2, -0.15) is 0 Å². The van der Waals surface area contributed by atoms with Crippen molar-refractivity contribution < 1.29 is 14.3 Å². The van der Waals surface area contributed by atoms with Crippen molar-refractivity contribution in [2.24, 2.45) is 5.73 Å². The molecular weight excluding hydrogens is 256 g/mol. The number of primary amides is 1. The van der Waals surface area contributed by atoms with Gasteiger partial charge in [-0.05, 0) is 32.8 Å². The fraction of sp³-hybridized carbons (Fsp3) is 0.467. The third kappa shape index (κ3) is 6.33. The fourth-order valence-corrected chi connectivity index (χ4v) is 1.69. The lowest BCUT2D eigenvalue weighted by atomic mass is 10.1. The molecule has 0 radical (unpaired) electrons. The summed E-state index contributed by atoms with van der Waals surface area (Å²) >= 11 is 0. The van der Waals surface area contributed by atoms with Gasteiger partial charge < -0.3 is 10.5 Å². The Morgan fingerprint density at radius 1 is 1.25 bits per heavy atom. The average Bonchev–Trinajstić information content (AvgIpc) is 2.33. The summed E-state index contributed by atoms with van der Waals surface area (Å²) in [6, 6.07) is 8.95. The van der Waals surface area contributed by atoms with E-state index in [-0.39, 0.29) is 12.5 Å². The van der Waals surface area contributed by atoms with Crippen LogP contribution in [0.15, 0.2) is 30.3 Å². The molecule has 0 saturated heterocycles. The van der Waals surface area contributed by atoms with Gasteiger partial charge in [0.05, 0.1) is 6.54 Å². The number of hydrogen-bond donors (Lipinski definition) is 2. The maximum atomic E-state index is 12.1. The largest absolute Gasteiger partial charge is 0.459 e. The molecule has 0 fully saturated rings. The normalized spacial score (nSPS) is 12.8. The minimum absolute atomic E-state index is 0.0588. The van der Waals surface area contributed by atoms with E-state index in [0.29, 0.717) is 6.42 Å². The average molecular weight is 278 g/mol. The highest BCUT2D eigenvalue weighted by Crippen LogP contribution is 2.11. The second kappa shape index (κ2) is 7.05. The molecule has 1 aromatic carbocycles. The molecule has 0 bridgehead atoms. The van der Waals surface area contributed by atoms with E-state index in [4.69, 9.17) is 10.5 Å². The topological polar surface area (TPSA) is 81.4 Å². The molecule has 0 aliphatic heterocycles. The number of esters is 1. The van der Waals surface area contributed by atoms with E-state index < -0.39 is 17.6 Å². The Morgan fingerprint density at radius 2 is 1.85 bits per heavy atom. The van der Waals surface area contributed by atoms with Crippen LogP contribution in [0.3, 0.4) is 0 Å². The third-order valence-electron chi connectivity index (χ3n) is 2.50. The second-order valence-electron chi connectivity index (χ2n) is 5.62. The Balaban J connectivity index is 2.74. The zero-order valence-corrected chi connectivity index (χ0v) is 12.2. The Morgan fingerprint density at radius 3 is 2.35 bits per heavy atom. The quantitative estimate of drug-likeness (QED) is 0.761. The van der Waals surface area contributed by atoms with Gasteiger partial charge in [0.1, 0.15) is 11.6 Å². The summed E-state index contributed by atoms with van der Waals surface area (Å²) in [4.78, 5) is 23.0. The van der Waals surface area contributed by atoms with Gasteiger partial charge in [-0.25, -0.2) is 0 Å². The Labute approximate surface area is 119 Å². The number of hydrogen-bond acceptors (Lipinski definition) is 4. The van der Waals surface area contributed by atoms with Crippen LogP contribution in [0.2, 0.25) is 0 Å². The monoisotopic (exact) mass is 278 g/mol. The lowest BCUT2D eigenvalue weighted by molar-refractivity contribution is -0.157. The van der Waals surface area contributed by atoms with Crippen LogP contribution in [0.4, 0.5) is 0 Å². The molecule has 5 nitrogen and oxygen atoms in total. The van der Waals surface area contributed by atoms with Crippen molar-refractivity contribution in [1.82, 2.24) is 5.32 Å². The van der Waals surface area contributed by atoms with Crippen molar-refractivity contribution in [2.45, 2.75) is 38.8 Å². The Bertz CT molecular complexity index is 452. The molecule has 0 aliphatic rings.